The molecule has 0 aromatic heterocycles. The van der Waals surface area contributed by atoms with Crippen molar-refractivity contribution in [1.82, 2.24) is 11.0 Å². The van der Waals surface area contributed by atoms with Crippen LogP contribution in [-0.2, 0) is 0 Å². The first-order valence-corrected chi connectivity index (χ1v) is 4.53. The summed E-state index contributed by atoms with van der Waals surface area (Å²) in [6, 6.07) is 8.10. The fourth-order valence-electron chi connectivity index (χ4n) is 0.925. The van der Waals surface area contributed by atoms with E-state index >= 15 is 0 Å². The quantitative estimate of drug-likeness (QED) is 0.752. The van der Waals surface area contributed by atoms with Gasteiger partial charge in [0.1, 0.15) is 6.34 Å². The predicted octanol–water partition coefficient (Wildman–Crippen LogP) is 1.06. The van der Waals surface area contributed by atoms with Crippen molar-refractivity contribution >= 4 is 34.6 Å². The van der Waals surface area contributed by atoms with Crippen LogP contribution < -0.4 is 16.1 Å². The van der Waals surface area contributed by atoms with Gasteiger partial charge >= 0.3 is 0 Å². The number of nitrogens with zero attached hydrogens (tertiary/aromatic N) is 2. The van der Waals surface area contributed by atoms with Crippen LogP contribution in [0, 0.1) is 3.57 Å². The molecule has 0 aliphatic carbocycles. The molecule has 2 N–H and O–H groups in total. The van der Waals surface area contributed by atoms with Gasteiger partial charge in [-0.25, -0.2) is 0 Å². The van der Waals surface area contributed by atoms with Gasteiger partial charge in [-0.2, -0.15) is 10.7 Å². The lowest BCUT2D eigenvalue weighted by Crippen LogP contribution is -2.38. The van der Waals surface area contributed by atoms with E-state index in [1.807, 2.05) is 24.3 Å². The molecule has 0 unspecified atom stereocenters. The zero-order chi connectivity index (χ0) is 8.39. The molecule has 1 aliphatic heterocycles. The van der Waals surface area contributed by atoms with Crippen LogP contribution in [0.3, 0.4) is 0 Å². The number of hydrogen-bond donors (Lipinski definition) is 2. The third-order valence-corrected chi connectivity index (χ3v) is 2.21. The van der Waals surface area contributed by atoms with Crippen molar-refractivity contribution in [2.24, 2.45) is 5.10 Å². The second-order valence-electron chi connectivity index (χ2n) is 2.30. The maximum atomic E-state index is 3.80. The van der Waals surface area contributed by atoms with Crippen molar-refractivity contribution in [3.63, 3.8) is 0 Å². The number of hydrogen-bond acceptors (Lipinski definition) is 4. The van der Waals surface area contributed by atoms with Crippen LogP contribution in [0.15, 0.2) is 29.4 Å². The van der Waals surface area contributed by atoms with Crippen molar-refractivity contribution in [3.8, 4) is 0 Å². The van der Waals surface area contributed by atoms with Gasteiger partial charge in [0.25, 0.3) is 0 Å². The van der Waals surface area contributed by atoms with E-state index in [-0.39, 0.29) is 0 Å². The Bertz CT molecular complexity index is 287. The Morgan fingerprint density at radius 1 is 1.25 bits per heavy atom. The minimum absolute atomic E-state index is 1.04. The largest absolute Gasteiger partial charge is 0.266 e. The highest BCUT2D eigenvalue weighted by molar-refractivity contribution is 14.1. The number of rotatable bonds is 1. The number of anilines is 1. The zero-order valence-electron chi connectivity index (χ0n) is 6.16. The van der Waals surface area contributed by atoms with Gasteiger partial charge in [0.15, 0.2) is 0 Å². The lowest BCUT2D eigenvalue weighted by molar-refractivity contribution is 0.685. The number of hydrazone groups is 1. The molecular weight excluding hydrogens is 267 g/mol. The molecule has 0 bridgehead atoms. The molecule has 5 heteroatoms. The molecule has 0 spiro atoms. The first-order valence-electron chi connectivity index (χ1n) is 3.45. The zero-order valence-corrected chi connectivity index (χ0v) is 8.32. The molecule has 0 fully saturated rings. The van der Waals surface area contributed by atoms with Gasteiger partial charge in [-0.1, -0.05) is 0 Å². The summed E-state index contributed by atoms with van der Waals surface area (Å²) in [7, 11) is 0. The summed E-state index contributed by atoms with van der Waals surface area (Å²) in [6.45, 7) is 0. The minimum Gasteiger partial charge on any atom is -0.266 e. The average molecular weight is 274 g/mol. The Morgan fingerprint density at radius 3 is 2.58 bits per heavy atom. The normalized spacial score (nSPS) is 14.2. The van der Waals surface area contributed by atoms with E-state index < -0.39 is 0 Å². The van der Waals surface area contributed by atoms with Gasteiger partial charge in [0.2, 0.25) is 0 Å². The van der Waals surface area contributed by atoms with Crippen LogP contribution in [0.25, 0.3) is 0 Å². The summed E-state index contributed by atoms with van der Waals surface area (Å²) in [5, 5.41) is 5.53. The molecule has 1 aromatic rings. The molecule has 0 atom stereocenters. The summed E-state index contributed by atoms with van der Waals surface area (Å²) in [5.41, 5.74) is 6.74. The van der Waals surface area contributed by atoms with E-state index in [1.54, 1.807) is 11.5 Å². The topological polar surface area (TPSA) is 39.7 Å². The van der Waals surface area contributed by atoms with Crippen molar-refractivity contribution < 1.29 is 0 Å². The SMILES string of the molecule is Ic1ccc(N2NC=NN2)cc1. The van der Waals surface area contributed by atoms with Crippen LogP contribution in [0.1, 0.15) is 0 Å². The van der Waals surface area contributed by atoms with E-state index in [1.165, 1.54) is 3.57 Å². The lowest BCUT2D eigenvalue weighted by atomic mass is 10.3. The van der Waals surface area contributed by atoms with E-state index in [2.05, 4.69) is 38.7 Å². The average Bonchev–Trinajstić information content (AvgIpc) is 2.58. The molecule has 2 rings (SSSR count). The fourth-order valence-corrected chi connectivity index (χ4v) is 1.28. The minimum atomic E-state index is 1.04. The van der Waals surface area contributed by atoms with Crippen LogP contribution in [0.5, 0.6) is 0 Å². The maximum Gasteiger partial charge on any atom is 0.131 e. The maximum absolute atomic E-state index is 3.80. The summed E-state index contributed by atoms with van der Waals surface area (Å²) in [5.74, 6) is 0. The molecule has 1 heterocycles. The number of nitrogens with one attached hydrogen (secondary N) is 2. The van der Waals surface area contributed by atoms with Crippen LogP contribution >= 0.6 is 22.6 Å². The second kappa shape index (κ2) is 3.18. The highest BCUT2D eigenvalue weighted by atomic mass is 127. The number of hydrazine groups is 2. The molecule has 0 radical (unpaired) electrons. The molecule has 1 aromatic carbocycles. The summed E-state index contributed by atoms with van der Waals surface area (Å²) in [6.07, 6.45) is 1.60. The second-order valence-corrected chi connectivity index (χ2v) is 3.54. The van der Waals surface area contributed by atoms with Crippen molar-refractivity contribution in [3.05, 3.63) is 27.8 Å². The lowest BCUT2D eigenvalue weighted by Gasteiger charge is -2.16. The molecule has 1 aliphatic rings. The van der Waals surface area contributed by atoms with Gasteiger partial charge in [0, 0.05) is 3.57 Å². The molecule has 0 amide bonds. The smallest absolute Gasteiger partial charge is 0.131 e. The van der Waals surface area contributed by atoms with Crippen molar-refractivity contribution in [2.45, 2.75) is 0 Å². The van der Waals surface area contributed by atoms with Gasteiger partial charge in [-0.15, -0.1) is 5.10 Å². The Balaban J connectivity index is 2.18. The molecule has 0 saturated carbocycles. The Morgan fingerprint density at radius 2 is 2.00 bits per heavy atom. The molecular formula is C7H7IN4. The first-order chi connectivity index (χ1) is 5.86. The monoisotopic (exact) mass is 274 g/mol. The molecule has 12 heavy (non-hydrogen) atoms. The molecule has 62 valence electrons. The van der Waals surface area contributed by atoms with Crippen LogP contribution in [0.4, 0.5) is 5.69 Å². The Hall–Kier alpha value is -0.980. The highest BCUT2D eigenvalue weighted by Crippen LogP contribution is 2.13. The highest BCUT2D eigenvalue weighted by Gasteiger charge is 2.05. The van der Waals surface area contributed by atoms with E-state index in [4.69, 9.17) is 0 Å². The summed E-state index contributed by atoms with van der Waals surface area (Å²) >= 11 is 2.27. The fraction of sp³-hybridized carbons (Fsp3) is 0. The Labute approximate surface area is 83.7 Å². The van der Waals surface area contributed by atoms with Crippen molar-refractivity contribution in [2.75, 3.05) is 5.12 Å². The van der Waals surface area contributed by atoms with Crippen LogP contribution in [-0.4, -0.2) is 6.34 Å². The van der Waals surface area contributed by atoms with Gasteiger partial charge in [-0.05, 0) is 46.9 Å². The number of benzene rings is 1. The molecule has 4 nitrogen and oxygen atoms in total. The standard InChI is InChI=1S/C7H7IN4/c8-6-1-3-7(4-2-6)12-10-5-9-11-12/h1-5,11H,(H,9,10). The third kappa shape index (κ3) is 1.45. The third-order valence-electron chi connectivity index (χ3n) is 1.49. The van der Waals surface area contributed by atoms with Crippen molar-refractivity contribution in [1.29, 1.82) is 0 Å². The summed E-state index contributed by atoms with van der Waals surface area (Å²) < 4.78 is 1.22. The predicted molar refractivity (Wildman–Crippen MR) is 56.4 cm³/mol. The van der Waals surface area contributed by atoms with Gasteiger partial charge in [-0.3, -0.25) is 5.43 Å². The number of halogens is 1. The van der Waals surface area contributed by atoms with Gasteiger partial charge in [0.05, 0.1) is 5.69 Å². The van der Waals surface area contributed by atoms with E-state index in [0.29, 0.717) is 0 Å². The van der Waals surface area contributed by atoms with Gasteiger partial charge < -0.3 is 0 Å². The van der Waals surface area contributed by atoms with E-state index in [0.717, 1.165) is 5.69 Å². The van der Waals surface area contributed by atoms with Crippen LogP contribution in [0.2, 0.25) is 0 Å². The summed E-state index contributed by atoms with van der Waals surface area (Å²) in [4.78, 5) is 0. The van der Waals surface area contributed by atoms with E-state index in [9.17, 15) is 0 Å². The Kier molecular flexibility index (Phi) is 2.03. The molecule has 0 saturated heterocycles. The first kappa shape index (κ1) is 7.66.